The van der Waals surface area contributed by atoms with Gasteiger partial charge in [0.25, 0.3) is 0 Å². The van der Waals surface area contributed by atoms with Crippen LogP contribution in [0.5, 0.6) is 0 Å². The van der Waals surface area contributed by atoms with Crippen LogP contribution < -0.4 is 0 Å². The molecule has 0 spiro atoms. The van der Waals surface area contributed by atoms with Gasteiger partial charge >= 0.3 is 0 Å². The standard InChI is InChI=1S/C12H16O2/c1-2-11(12-13-8-9-14-12)10-6-4-3-5-7-10/h3-7,11-12H,2,8-9H2,1H3. The average Bonchev–Trinajstić information content (AvgIpc) is 2.74. The maximum atomic E-state index is 5.54. The minimum absolute atomic E-state index is 0.0394. The van der Waals surface area contributed by atoms with Gasteiger partial charge in [-0.1, -0.05) is 37.3 Å². The number of hydrogen-bond donors (Lipinski definition) is 0. The molecule has 14 heavy (non-hydrogen) atoms. The highest BCUT2D eigenvalue weighted by atomic mass is 16.7. The summed E-state index contributed by atoms with van der Waals surface area (Å²) in [6, 6.07) is 10.4. The number of hydrogen-bond acceptors (Lipinski definition) is 2. The Morgan fingerprint density at radius 1 is 1.21 bits per heavy atom. The molecule has 0 radical (unpaired) electrons. The summed E-state index contributed by atoms with van der Waals surface area (Å²) < 4.78 is 11.1. The monoisotopic (exact) mass is 192 g/mol. The predicted octanol–water partition coefficient (Wildman–Crippen LogP) is 2.55. The van der Waals surface area contributed by atoms with Gasteiger partial charge in [-0.25, -0.2) is 0 Å². The second-order valence-electron chi connectivity index (χ2n) is 3.54. The molecule has 1 atom stereocenters. The van der Waals surface area contributed by atoms with E-state index in [9.17, 15) is 0 Å². The third kappa shape index (κ3) is 1.97. The van der Waals surface area contributed by atoms with Gasteiger partial charge in [0.2, 0.25) is 0 Å². The summed E-state index contributed by atoms with van der Waals surface area (Å²) in [5.41, 5.74) is 1.31. The lowest BCUT2D eigenvalue weighted by Gasteiger charge is -2.20. The van der Waals surface area contributed by atoms with Crippen molar-refractivity contribution >= 4 is 0 Å². The van der Waals surface area contributed by atoms with Crippen LogP contribution in [0.3, 0.4) is 0 Å². The molecule has 2 heteroatoms. The molecule has 1 aliphatic rings. The van der Waals surface area contributed by atoms with Crippen molar-refractivity contribution in [3.63, 3.8) is 0 Å². The Balaban J connectivity index is 2.12. The largest absolute Gasteiger partial charge is 0.350 e. The molecule has 0 N–H and O–H groups in total. The molecule has 0 bridgehead atoms. The van der Waals surface area contributed by atoms with E-state index >= 15 is 0 Å². The Hall–Kier alpha value is -0.860. The lowest BCUT2D eigenvalue weighted by atomic mass is 9.96. The van der Waals surface area contributed by atoms with Crippen LogP contribution >= 0.6 is 0 Å². The van der Waals surface area contributed by atoms with Crippen molar-refractivity contribution in [3.8, 4) is 0 Å². The summed E-state index contributed by atoms with van der Waals surface area (Å²) in [4.78, 5) is 0. The van der Waals surface area contributed by atoms with Crippen LogP contribution in [0.1, 0.15) is 24.8 Å². The zero-order valence-electron chi connectivity index (χ0n) is 8.48. The summed E-state index contributed by atoms with van der Waals surface area (Å²) in [5.74, 6) is 0.374. The maximum Gasteiger partial charge on any atom is 0.164 e. The molecule has 1 fully saturated rings. The van der Waals surface area contributed by atoms with Crippen LogP contribution in [-0.4, -0.2) is 19.5 Å². The zero-order chi connectivity index (χ0) is 9.80. The van der Waals surface area contributed by atoms with Gasteiger partial charge in [-0.15, -0.1) is 0 Å². The van der Waals surface area contributed by atoms with E-state index in [1.807, 2.05) is 6.07 Å². The highest BCUT2D eigenvalue weighted by Gasteiger charge is 2.26. The number of rotatable bonds is 3. The molecule has 2 rings (SSSR count). The molecule has 0 aromatic heterocycles. The fourth-order valence-corrected chi connectivity index (χ4v) is 1.89. The van der Waals surface area contributed by atoms with E-state index in [1.165, 1.54) is 5.56 Å². The first-order valence-electron chi connectivity index (χ1n) is 5.20. The van der Waals surface area contributed by atoms with Gasteiger partial charge in [-0.05, 0) is 12.0 Å². The second kappa shape index (κ2) is 4.58. The Labute approximate surface area is 84.8 Å². The van der Waals surface area contributed by atoms with Gasteiger partial charge in [0.1, 0.15) is 0 Å². The third-order valence-corrected chi connectivity index (χ3v) is 2.64. The van der Waals surface area contributed by atoms with Gasteiger partial charge in [-0.3, -0.25) is 0 Å². The number of benzene rings is 1. The summed E-state index contributed by atoms with van der Waals surface area (Å²) in [7, 11) is 0. The molecule has 0 aliphatic carbocycles. The highest BCUT2D eigenvalue weighted by molar-refractivity contribution is 5.20. The van der Waals surface area contributed by atoms with Crippen LogP contribution in [-0.2, 0) is 9.47 Å². The van der Waals surface area contributed by atoms with Gasteiger partial charge in [0, 0.05) is 5.92 Å². The Bertz CT molecular complexity index is 265. The molecule has 1 aromatic rings. The molecular weight excluding hydrogens is 176 g/mol. The molecular formula is C12H16O2. The minimum Gasteiger partial charge on any atom is -0.350 e. The van der Waals surface area contributed by atoms with Crippen molar-refractivity contribution in [1.29, 1.82) is 0 Å². The average molecular weight is 192 g/mol. The number of ether oxygens (including phenoxy) is 2. The van der Waals surface area contributed by atoms with Crippen LogP contribution in [0, 0.1) is 0 Å². The van der Waals surface area contributed by atoms with E-state index in [2.05, 4.69) is 31.2 Å². The lowest BCUT2D eigenvalue weighted by molar-refractivity contribution is -0.0617. The molecule has 76 valence electrons. The van der Waals surface area contributed by atoms with Crippen LogP contribution in [0.25, 0.3) is 0 Å². The van der Waals surface area contributed by atoms with E-state index < -0.39 is 0 Å². The summed E-state index contributed by atoms with van der Waals surface area (Å²) in [5, 5.41) is 0. The van der Waals surface area contributed by atoms with E-state index in [0.29, 0.717) is 5.92 Å². The first-order chi connectivity index (χ1) is 6.92. The smallest absolute Gasteiger partial charge is 0.164 e. The lowest BCUT2D eigenvalue weighted by Crippen LogP contribution is -2.18. The van der Waals surface area contributed by atoms with Crippen molar-refractivity contribution < 1.29 is 9.47 Å². The molecule has 1 heterocycles. The topological polar surface area (TPSA) is 18.5 Å². The Morgan fingerprint density at radius 2 is 1.86 bits per heavy atom. The molecule has 0 amide bonds. The summed E-state index contributed by atoms with van der Waals surface area (Å²) in [6.45, 7) is 3.63. The Kier molecular flexibility index (Phi) is 3.17. The first-order valence-corrected chi connectivity index (χ1v) is 5.20. The summed E-state index contributed by atoms with van der Waals surface area (Å²) >= 11 is 0. The van der Waals surface area contributed by atoms with Gasteiger partial charge < -0.3 is 9.47 Å². The molecule has 1 unspecified atom stereocenters. The quantitative estimate of drug-likeness (QED) is 0.732. The SMILES string of the molecule is CCC(c1ccccc1)C1OCCO1. The predicted molar refractivity (Wildman–Crippen MR) is 55.2 cm³/mol. The van der Waals surface area contributed by atoms with Gasteiger partial charge in [0.15, 0.2) is 6.29 Å². The highest BCUT2D eigenvalue weighted by Crippen LogP contribution is 2.28. The van der Waals surface area contributed by atoms with Crippen LogP contribution in [0.4, 0.5) is 0 Å². The van der Waals surface area contributed by atoms with Crippen LogP contribution in [0.15, 0.2) is 30.3 Å². The van der Waals surface area contributed by atoms with E-state index in [0.717, 1.165) is 19.6 Å². The first kappa shape index (κ1) is 9.69. The van der Waals surface area contributed by atoms with E-state index in [4.69, 9.17) is 9.47 Å². The molecule has 1 aliphatic heterocycles. The second-order valence-corrected chi connectivity index (χ2v) is 3.54. The van der Waals surface area contributed by atoms with Gasteiger partial charge in [0.05, 0.1) is 13.2 Å². The summed E-state index contributed by atoms with van der Waals surface area (Å²) in [6.07, 6.45) is 1.01. The minimum atomic E-state index is -0.0394. The van der Waals surface area contributed by atoms with Crippen molar-refractivity contribution in [2.24, 2.45) is 0 Å². The molecule has 1 saturated heterocycles. The Morgan fingerprint density at radius 3 is 2.43 bits per heavy atom. The molecule has 2 nitrogen and oxygen atoms in total. The fraction of sp³-hybridized carbons (Fsp3) is 0.500. The van der Waals surface area contributed by atoms with Crippen molar-refractivity contribution in [3.05, 3.63) is 35.9 Å². The molecule has 0 saturated carbocycles. The van der Waals surface area contributed by atoms with Crippen molar-refractivity contribution in [2.75, 3.05) is 13.2 Å². The fourth-order valence-electron chi connectivity index (χ4n) is 1.89. The van der Waals surface area contributed by atoms with E-state index in [1.54, 1.807) is 0 Å². The van der Waals surface area contributed by atoms with Gasteiger partial charge in [-0.2, -0.15) is 0 Å². The van der Waals surface area contributed by atoms with Crippen LogP contribution in [0.2, 0.25) is 0 Å². The maximum absolute atomic E-state index is 5.54. The van der Waals surface area contributed by atoms with E-state index in [-0.39, 0.29) is 6.29 Å². The third-order valence-electron chi connectivity index (χ3n) is 2.64. The normalized spacial score (nSPS) is 19.8. The zero-order valence-corrected chi connectivity index (χ0v) is 8.48. The van der Waals surface area contributed by atoms with Crippen molar-refractivity contribution in [2.45, 2.75) is 25.6 Å². The molecule has 1 aromatic carbocycles. The van der Waals surface area contributed by atoms with Crippen molar-refractivity contribution in [1.82, 2.24) is 0 Å².